The van der Waals surface area contributed by atoms with Crippen LogP contribution in [0.15, 0.2) is 24.3 Å². The summed E-state index contributed by atoms with van der Waals surface area (Å²) in [7, 11) is 0. The Morgan fingerprint density at radius 1 is 1.14 bits per heavy atom. The molecule has 0 amide bonds. The number of nitrogens with zero attached hydrogens (tertiary/aromatic N) is 2. The van der Waals surface area contributed by atoms with Crippen molar-refractivity contribution in [3.8, 4) is 0 Å². The number of piperazine rings is 1. The predicted molar refractivity (Wildman–Crippen MR) is 88.4 cm³/mol. The van der Waals surface area contributed by atoms with Gasteiger partial charge in [-0.25, -0.2) is 0 Å². The Hall–Kier alpha value is -0.900. The molecular formula is C18H29N3. The highest BCUT2D eigenvalue weighted by atomic mass is 15.3. The van der Waals surface area contributed by atoms with Crippen LogP contribution in [0.25, 0.3) is 0 Å². The van der Waals surface area contributed by atoms with Gasteiger partial charge in [-0.15, -0.1) is 0 Å². The SMILES string of the molecule is Cc1ccc(C(N)CCN2CCN3CCCCC3C2)cc1. The van der Waals surface area contributed by atoms with Gasteiger partial charge in [-0.05, 0) is 38.3 Å². The van der Waals surface area contributed by atoms with Crippen molar-refractivity contribution in [2.24, 2.45) is 5.73 Å². The first kappa shape index (κ1) is 15.0. The molecule has 2 heterocycles. The second-order valence-corrected chi connectivity index (χ2v) is 6.79. The highest BCUT2D eigenvalue weighted by molar-refractivity contribution is 5.23. The van der Waals surface area contributed by atoms with Gasteiger partial charge < -0.3 is 10.6 Å². The Labute approximate surface area is 129 Å². The Morgan fingerprint density at radius 2 is 1.95 bits per heavy atom. The van der Waals surface area contributed by atoms with Gasteiger partial charge in [0.1, 0.15) is 0 Å². The molecule has 21 heavy (non-hydrogen) atoms. The van der Waals surface area contributed by atoms with E-state index in [0.29, 0.717) is 0 Å². The lowest BCUT2D eigenvalue weighted by atomic mass is 9.98. The van der Waals surface area contributed by atoms with E-state index >= 15 is 0 Å². The van der Waals surface area contributed by atoms with Crippen LogP contribution in [0.5, 0.6) is 0 Å². The summed E-state index contributed by atoms with van der Waals surface area (Å²) in [4.78, 5) is 5.32. The average Bonchev–Trinajstić information content (AvgIpc) is 2.53. The molecule has 0 aromatic heterocycles. The van der Waals surface area contributed by atoms with Crippen LogP contribution in [-0.2, 0) is 0 Å². The lowest BCUT2D eigenvalue weighted by Crippen LogP contribution is -2.54. The van der Waals surface area contributed by atoms with E-state index in [9.17, 15) is 0 Å². The summed E-state index contributed by atoms with van der Waals surface area (Å²) in [6.45, 7) is 8.31. The van der Waals surface area contributed by atoms with Crippen molar-refractivity contribution in [3.63, 3.8) is 0 Å². The van der Waals surface area contributed by atoms with E-state index in [0.717, 1.165) is 19.0 Å². The zero-order chi connectivity index (χ0) is 14.7. The summed E-state index contributed by atoms with van der Waals surface area (Å²) >= 11 is 0. The van der Waals surface area contributed by atoms with Crippen LogP contribution in [0.3, 0.4) is 0 Å². The monoisotopic (exact) mass is 287 g/mol. The second kappa shape index (κ2) is 6.91. The van der Waals surface area contributed by atoms with Crippen molar-refractivity contribution in [2.75, 3.05) is 32.7 Å². The molecular weight excluding hydrogens is 258 g/mol. The molecule has 3 rings (SSSR count). The molecule has 2 aliphatic heterocycles. The maximum absolute atomic E-state index is 6.36. The number of aryl methyl sites for hydroxylation is 1. The third kappa shape index (κ3) is 3.85. The third-order valence-electron chi connectivity index (χ3n) is 5.18. The molecule has 0 bridgehead atoms. The standard InChI is InChI=1S/C18H29N3/c1-15-5-7-16(8-6-15)18(19)9-11-20-12-13-21-10-3-2-4-17(21)14-20/h5-8,17-18H,2-4,9-14,19H2,1H3. The fraction of sp³-hybridized carbons (Fsp3) is 0.667. The fourth-order valence-corrected chi connectivity index (χ4v) is 3.73. The van der Waals surface area contributed by atoms with Crippen LogP contribution >= 0.6 is 0 Å². The molecule has 1 aromatic carbocycles. The lowest BCUT2D eigenvalue weighted by Gasteiger charge is -2.44. The Morgan fingerprint density at radius 3 is 2.76 bits per heavy atom. The minimum atomic E-state index is 0.176. The fourth-order valence-electron chi connectivity index (χ4n) is 3.73. The first-order chi connectivity index (χ1) is 10.2. The highest BCUT2D eigenvalue weighted by Gasteiger charge is 2.28. The van der Waals surface area contributed by atoms with Gasteiger partial charge in [-0.2, -0.15) is 0 Å². The third-order valence-corrected chi connectivity index (χ3v) is 5.18. The van der Waals surface area contributed by atoms with Crippen molar-refractivity contribution in [2.45, 2.75) is 44.7 Å². The molecule has 0 saturated carbocycles. The summed E-state index contributed by atoms with van der Waals surface area (Å²) in [6.07, 6.45) is 5.27. The number of hydrogen-bond donors (Lipinski definition) is 1. The van der Waals surface area contributed by atoms with Crippen LogP contribution < -0.4 is 5.73 Å². The Bertz CT molecular complexity index is 442. The van der Waals surface area contributed by atoms with Gasteiger partial charge in [0.2, 0.25) is 0 Å². The quantitative estimate of drug-likeness (QED) is 0.924. The molecule has 2 saturated heterocycles. The molecule has 2 unspecified atom stereocenters. The summed E-state index contributed by atoms with van der Waals surface area (Å²) in [5, 5.41) is 0. The first-order valence-corrected chi connectivity index (χ1v) is 8.51. The average molecular weight is 287 g/mol. The number of fused-ring (bicyclic) bond motifs is 1. The molecule has 0 radical (unpaired) electrons. The molecule has 2 N–H and O–H groups in total. The van der Waals surface area contributed by atoms with Gasteiger partial charge >= 0.3 is 0 Å². The highest BCUT2D eigenvalue weighted by Crippen LogP contribution is 2.22. The molecule has 2 atom stereocenters. The van der Waals surface area contributed by atoms with Crippen molar-refractivity contribution in [1.29, 1.82) is 0 Å². The zero-order valence-electron chi connectivity index (χ0n) is 13.3. The molecule has 0 spiro atoms. The Kier molecular flexibility index (Phi) is 4.94. The maximum Gasteiger partial charge on any atom is 0.0307 e. The van der Waals surface area contributed by atoms with E-state index in [4.69, 9.17) is 5.73 Å². The largest absolute Gasteiger partial charge is 0.324 e. The van der Waals surface area contributed by atoms with Crippen LogP contribution in [0, 0.1) is 6.92 Å². The van der Waals surface area contributed by atoms with E-state index in [1.165, 1.54) is 56.6 Å². The van der Waals surface area contributed by atoms with Crippen molar-refractivity contribution >= 4 is 0 Å². The van der Waals surface area contributed by atoms with E-state index in [-0.39, 0.29) is 6.04 Å². The minimum Gasteiger partial charge on any atom is -0.324 e. The van der Waals surface area contributed by atoms with Crippen molar-refractivity contribution in [1.82, 2.24) is 9.80 Å². The summed E-state index contributed by atoms with van der Waals surface area (Å²) in [6, 6.07) is 9.67. The molecule has 0 aliphatic carbocycles. The number of nitrogens with two attached hydrogens (primary N) is 1. The predicted octanol–water partition coefficient (Wildman–Crippen LogP) is 2.56. The summed E-state index contributed by atoms with van der Waals surface area (Å²) in [5.74, 6) is 0. The molecule has 116 valence electrons. The van der Waals surface area contributed by atoms with Gasteiger partial charge in [0.25, 0.3) is 0 Å². The van der Waals surface area contributed by atoms with Gasteiger partial charge in [0, 0.05) is 38.3 Å². The van der Waals surface area contributed by atoms with Crippen LogP contribution in [0.4, 0.5) is 0 Å². The van der Waals surface area contributed by atoms with Gasteiger partial charge in [0.15, 0.2) is 0 Å². The van der Waals surface area contributed by atoms with E-state index in [2.05, 4.69) is 41.0 Å². The first-order valence-electron chi connectivity index (χ1n) is 8.51. The van der Waals surface area contributed by atoms with Crippen LogP contribution in [0.1, 0.15) is 42.9 Å². The number of hydrogen-bond acceptors (Lipinski definition) is 3. The topological polar surface area (TPSA) is 32.5 Å². The number of benzene rings is 1. The van der Waals surface area contributed by atoms with Gasteiger partial charge in [0.05, 0.1) is 0 Å². The van der Waals surface area contributed by atoms with E-state index in [1.807, 2.05) is 0 Å². The molecule has 3 heteroatoms. The van der Waals surface area contributed by atoms with Crippen LogP contribution in [-0.4, -0.2) is 48.6 Å². The van der Waals surface area contributed by atoms with E-state index in [1.54, 1.807) is 0 Å². The molecule has 3 nitrogen and oxygen atoms in total. The molecule has 1 aromatic rings. The zero-order valence-corrected chi connectivity index (χ0v) is 13.3. The summed E-state index contributed by atoms with van der Waals surface area (Å²) < 4.78 is 0. The number of rotatable bonds is 4. The van der Waals surface area contributed by atoms with Crippen LogP contribution in [0.2, 0.25) is 0 Å². The summed E-state index contributed by atoms with van der Waals surface area (Å²) in [5.41, 5.74) is 8.94. The van der Waals surface area contributed by atoms with E-state index < -0.39 is 0 Å². The van der Waals surface area contributed by atoms with Gasteiger partial charge in [-0.1, -0.05) is 36.2 Å². The smallest absolute Gasteiger partial charge is 0.0307 e. The van der Waals surface area contributed by atoms with Gasteiger partial charge in [-0.3, -0.25) is 4.90 Å². The molecule has 2 aliphatic rings. The molecule has 2 fully saturated rings. The van der Waals surface area contributed by atoms with Crippen molar-refractivity contribution in [3.05, 3.63) is 35.4 Å². The lowest BCUT2D eigenvalue weighted by molar-refractivity contribution is 0.0481. The maximum atomic E-state index is 6.36. The minimum absolute atomic E-state index is 0.176. The van der Waals surface area contributed by atoms with Crippen molar-refractivity contribution < 1.29 is 0 Å². The Balaban J connectivity index is 1.47. The second-order valence-electron chi connectivity index (χ2n) is 6.79. The normalized spacial score (nSPS) is 25.5. The number of piperidine rings is 1.